The van der Waals surface area contributed by atoms with E-state index in [0.29, 0.717) is 11.8 Å². The molecule has 1 amide bonds. The second kappa shape index (κ2) is 5.84. The third-order valence-electron chi connectivity index (χ3n) is 4.95. The summed E-state index contributed by atoms with van der Waals surface area (Å²) >= 11 is 0. The van der Waals surface area contributed by atoms with Crippen LogP contribution in [0.3, 0.4) is 0 Å². The van der Waals surface area contributed by atoms with Crippen molar-refractivity contribution in [2.45, 2.75) is 38.5 Å². The molecule has 1 aromatic carbocycles. The summed E-state index contributed by atoms with van der Waals surface area (Å²) in [5.74, 6) is 1.25. The van der Waals surface area contributed by atoms with Crippen molar-refractivity contribution in [2.75, 3.05) is 13.1 Å². The highest BCUT2D eigenvalue weighted by Gasteiger charge is 2.34. The number of benzene rings is 1. The fraction of sp³-hybridized carbons (Fsp3) is 0.474. The first kappa shape index (κ1) is 14.5. The Bertz CT molecular complexity index is 703. The summed E-state index contributed by atoms with van der Waals surface area (Å²) in [6, 6.07) is 10.1. The van der Waals surface area contributed by atoms with Crippen molar-refractivity contribution < 1.29 is 4.79 Å². The van der Waals surface area contributed by atoms with Gasteiger partial charge in [0.1, 0.15) is 0 Å². The molecule has 2 heterocycles. The Labute approximate surface area is 137 Å². The average molecular weight is 309 g/mol. The Morgan fingerprint density at radius 1 is 1.17 bits per heavy atom. The van der Waals surface area contributed by atoms with Gasteiger partial charge in [0.15, 0.2) is 0 Å². The summed E-state index contributed by atoms with van der Waals surface area (Å²) in [5.41, 5.74) is 2.96. The molecule has 1 aliphatic carbocycles. The van der Waals surface area contributed by atoms with Gasteiger partial charge in [0, 0.05) is 19.0 Å². The molecule has 0 N–H and O–H groups in total. The number of amides is 1. The summed E-state index contributed by atoms with van der Waals surface area (Å²) in [5, 5.41) is 4.55. The topological polar surface area (TPSA) is 38.1 Å². The van der Waals surface area contributed by atoms with Crippen LogP contribution in [-0.2, 0) is 0 Å². The van der Waals surface area contributed by atoms with Crippen LogP contribution in [0.2, 0.25) is 0 Å². The lowest BCUT2D eigenvalue weighted by atomic mass is 9.99. The van der Waals surface area contributed by atoms with E-state index in [9.17, 15) is 4.79 Å². The van der Waals surface area contributed by atoms with E-state index in [1.54, 1.807) is 6.20 Å². The van der Waals surface area contributed by atoms with Gasteiger partial charge in [0.25, 0.3) is 5.91 Å². The van der Waals surface area contributed by atoms with E-state index in [-0.39, 0.29) is 5.91 Å². The molecule has 2 aromatic rings. The van der Waals surface area contributed by atoms with Gasteiger partial charge in [-0.05, 0) is 43.7 Å². The standard InChI is InChI=1S/C19H23N3O/c1-14-6-5-11-21(13-14)19(23)17-12-20-22(18(17)15-9-10-15)16-7-3-2-4-8-16/h2-4,7-8,12,14-15H,5-6,9-11,13H2,1H3/t14-/m0/s1. The summed E-state index contributed by atoms with van der Waals surface area (Å²) in [4.78, 5) is 15.0. The van der Waals surface area contributed by atoms with Gasteiger partial charge in [-0.25, -0.2) is 4.68 Å². The number of likely N-dealkylation sites (tertiary alicyclic amines) is 1. The second-order valence-electron chi connectivity index (χ2n) is 6.96. The molecule has 0 bridgehead atoms. The quantitative estimate of drug-likeness (QED) is 0.868. The van der Waals surface area contributed by atoms with E-state index in [1.165, 1.54) is 6.42 Å². The fourth-order valence-corrected chi connectivity index (χ4v) is 3.59. The van der Waals surface area contributed by atoms with Crippen LogP contribution in [0.1, 0.15) is 54.6 Å². The van der Waals surface area contributed by atoms with Gasteiger partial charge >= 0.3 is 0 Å². The molecule has 1 saturated heterocycles. The van der Waals surface area contributed by atoms with Gasteiger partial charge in [0.05, 0.1) is 23.1 Å². The van der Waals surface area contributed by atoms with Crippen LogP contribution < -0.4 is 0 Å². The fourth-order valence-electron chi connectivity index (χ4n) is 3.59. The zero-order chi connectivity index (χ0) is 15.8. The highest BCUT2D eigenvalue weighted by molar-refractivity contribution is 5.95. The number of carbonyl (C=O) groups excluding carboxylic acids is 1. The maximum Gasteiger partial charge on any atom is 0.257 e. The largest absolute Gasteiger partial charge is 0.338 e. The highest BCUT2D eigenvalue weighted by Crippen LogP contribution is 2.42. The van der Waals surface area contributed by atoms with Crippen molar-refractivity contribution >= 4 is 5.91 Å². The predicted octanol–water partition coefficient (Wildman–Crippen LogP) is 3.62. The lowest BCUT2D eigenvalue weighted by Gasteiger charge is -2.31. The molecule has 1 aliphatic heterocycles. The molecule has 120 valence electrons. The van der Waals surface area contributed by atoms with E-state index in [0.717, 1.165) is 49.3 Å². The highest BCUT2D eigenvalue weighted by atomic mass is 16.2. The Hall–Kier alpha value is -2.10. The molecule has 0 unspecified atom stereocenters. The zero-order valence-electron chi connectivity index (χ0n) is 13.6. The first-order valence-corrected chi connectivity index (χ1v) is 8.66. The summed E-state index contributed by atoms with van der Waals surface area (Å²) in [7, 11) is 0. The lowest BCUT2D eigenvalue weighted by molar-refractivity contribution is 0.0682. The van der Waals surface area contributed by atoms with Crippen LogP contribution in [0.25, 0.3) is 5.69 Å². The van der Waals surface area contributed by atoms with Crippen molar-refractivity contribution in [1.29, 1.82) is 0 Å². The second-order valence-corrected chi connectivity index (χ2v) is 6.96. The van der Waals surface area contributed by atoms with Crippen LogP contribution in [0.15, 0.2) is 36.5 Å². The number of aromatic nitrogens is 2. The van der Waals surface area contributed by atoms with Crippen LogP contribution in [0, 0.1) is 5.92 Å². The average Bonchev–Trinajstić information content (AvgIpc) is 3.33. The van der Waals surface area contributed by atoms with Crippen molar-refractivity contribution in [3.05, 3.63) is 47.8 Å². The molecule has 2 fully saturated rings. The SMILES string of the molecule is C[C@H]1CCCN(C(=O)c2cnn(-c3ccccc3)c2C2CC2)C1. The van der Waals surface area contributed by atoms with Crippen LogP contribution in [0.4, 0.5) is 0 Å². The van der Waals surface area contributed by atoms with Crippen molar-refractivity contribution in [1.82, 2.24) is 14.7 Å². The maximum absolute atomic E-state index is 13.0. The van der Waals surface area contributed by atoms with E-state index in [4.69, 9.17) is 0 Å². The van der Waals surface area contributed by atoms with E-state index in [2.05, 4.69) is 24.2 Å². The Morgan fingerprint density at radius 3 is 2.65 bits per heavy atom. The number of hydrogen-bond donors (Lipinski definition) is 0. The molecule has 4 nitrogen and oxygen atoms in total. The first-order valence-electron chi connectivity index (χ1n) is 8.66. The summed E-state index contributed by atoms with van der Waals surface area (Å²) < 4.78 is 1.97. The van der Waals surface area contributed by atoms with Gasteiger partial charge < -0.3 is 4.90 Å². The molecular weight excluding hydrogens is 286 g/mol. The Morgan fingerprint density at radius 2 is 1.96 bits per heavy atom. The molecule has 0 spiro atoms. The summed E-state index contributed by atoms with van der Waals surface area (Å²) in [6.07, 6.45) is 6.44. The minimum Gasteiger partial charge on any atom is -0.338 e. The van der Waals surface area contributed by atoms with Gasteiger partial charge in [-0.3, -0.25) is 4.79 Å². The third kappa shape index (κ3) is 2.78. The first-order chi connectivity index (χ1) is 11.2. The van der Waals surface area contributed by atoms with Crippen molar-refractivity contribution in [2.24, 2.45) is 5.92 Å². The number of rotatable bonds is 3. The Balaban J connectivity index is 1.69. The van der Waals surface area contributed by atoms with Crippen molar-refractivity contribution in [3.63, 3.8) is 0 Å². The normalized spacial score (nSPS) is 21.4. The number of para-hydroxylation sites is 1. The van der Waals surface area contributed by atoms with Gasteiger partial charge in [-0.2, -0.15) is 5.10 Å². The molecule has 1 aromatic heterocycles. The van der Waals surface area contributed by atoms with E-state index >= 15 is 0 Å². The maximum atomic E-state index is 13.0. The van der Waals surface area contributed by atoms with E-state index in [1.807, 2.05) is 27.8 Å². The molecule has 1 saturated carbocycles. The van der Waals surface area contributed by atoms with Crippen molar-refractivity contribution in [3.8, 4) is 5.69 Å². The summed E-state index contributed by atoms with van der Waals surface area (Å²) in [6.45, 7) is 3.98. The number of hydrogen-bond acceptors (Lipinski definition) is 2. The number of carbonyl (C=O) groups is 1. The van der Waals surface area contributed by atoms with Gasteiger partial charge in [-0.15, -0.1) is 0 Å². The minimum absolute atomic E-state index is 0.167. The molecule has 2 aliphatic rings. The van der Waals surface area contributed by atoms with Crippen LogP contribution in [-0.4, -0.2) is 33.7 Å². The molecule has 23 heavy (non-hydrogen) atoms. The van der Waals surface area contributed by atoms with E-state index < -0.39 is 0 Å². The zero-order valence-corrected chi connectivity index (χ0v) is 13.6. The number of piperidine rings is 1. The monoisotopic (exact) mass is 309 g/mol. The number of nitrogens with zero attached hydrogens (tertiary/aromatic N) is 3. The van der Waals surface area contributed by atoms with Crippen LogP contribution >= 0.6 is 0 Å². The molecule has 0 radical (unpaired) electrons. The minimum atomic E-state index is 0.167. The molecule has 4 heteroatoms. The molecular formula is C19H23N3O. The Kier molecular flexibility index (Phi) is 3.68. The van der Waals surface area contributed by atoms with Crippen LogP contribution in [0.5, 0.6) is 0 Å². The lowest BCUT2D eigenvalue weighted by Crippen LogP contribution is -2.39. The predicted molar refractivity (Wildman–Crippen MR) is 89.8 cm³/mol. The van der Waals surface area contributed by atoms with Gasteiger partial charge in [-0.1, -0.05) is 25.1 Å². The molecule has 1 atom stereocenters. The molecule has 4 rings (SSSR count). The smallest absolute Gasteiger partial charge is 0.257 e. The van der Waals surface area contributed by atoms with Gasteiger partial charge in [0.2, 0.25) is 0 Å². The third-order valence-corrected chi connectivity index (χ3v) is 4.95.